The molecule has 7 heteroatoms. The molecule has 0 bridgehead atoms. The molecule has 0 aliphatic carbocycles. The van der Waals surface area contributed by atoms with Crippen LogP contribution in [0.1, 0.15) is 5.56 Å². The Morgan fingerprint density at radius 3 is 2.38 bits per heavy atom. The van der Waals surface area contributed by atoms with Crippen molar-refractivity contribution in [3.05, 3.63) is 99.5 Å². The van der Waals surface area contributed by atoms with Gasteiger partial charge < -0.3 is 4.57 Å². The minimum Gasteiger partial charge on any atom is -0.315 e. The van der Waals surface area contributed by atoms with E-state index in [-0.39, 0.29) is 11.1 Å². The van der Waals surface area contributed by atoms with Crippen LogP contribution in [0.15, 0.2) is 82.8 Å². The quantitative estimate of drug-likeness (QED) is 0.484. The maximum Gasteiger partial charge on any atom is 0.265 e. The highest BCUT2D eigenvalue weighted by molar-refractivity contribution is 5.91. The van der Waals surface area contributed by atoms with Crippen molar-refractivity contribution in [1.82, 2.24) is 24.3 Å². The molecule has 0 fully saturated rings. The van der Waals surface area contributed by atoms with E-state index in [0.717, 1.165) is 6.42 Å². The number of rotatable bonds is 4. The zero-order chi connectivity index (χ0) is 19.8. The number of fused-ring (bicyclic) bond motifs is 2. The van der Waals surface area contributed by atoms with E-state index in [1.807, 2.05) is 36.4 Å². The zero-order valence-electron chi connectivity index (χ0n) is 15.4. The lowest BCUT2D eigenvalue weighted by Gasteiger charge is -2.09. The van der Waals surface area contributed by atoms with Crippen molar-refractivity contribution in [3.8, 4) is 5.82 Å². The second-order valence-electron chi connectivity index (χ2n) is 6.84. The SMILES string of the molecule is O=c1c2cc3c(=O)n(-c4ccn[nH]4)ccc3nc2ccn1CCc1ccccc1. The first-order chi connectivity index (χ1) is 14.2. The number of hydrogen-bond donors (Lipinski definition) is 1. The summed E-state index contributed by atoms with van der Waals surface area (Å²) in [5.41, 5.74) is 1.90. The maximum absolute atomic E-state index is 13.0. The molecule has 0 radical (unpaired) electrons. The fourth-order valence-corrected chi connectivity index (χ4v) is 3.51. The molecule has 0 saturated heterocycles. The third kappa shape index (κ3) is 3.02. The van der Waals surface area contributed by atoms with E-state index in [9.17, 15) is 9.59 Å². The summed E-state index contributed by atoms with van der Waals surface area (Å²) in [4.78, 5) is 30.5. The van der Waals surface area contributed by atoms with E-state index in [2.05, 4.69) is 15.2 Å². The van der Waals surface area contributed by atoms with Crippen LogP contribution in [0.25, 0.3) is 27.6 Å². The van der Waals surface area contributed by atoms with Gasteiger partial charge >= 0.3 is 0 Å². The van der Waals surface area contributed by atoms with E-state index < -0.39 is 0 Å². The van der Waals surface area contributed by atoms with E-state index >= 15 is 0 Å². The monoisotopic (exact) mass is 383 g/mol. The van der Waals surface area contributed by atoms with Gasteiger partial charge in [-0.3, -0.25) is 19.3 Å². The van der Waals surface area contributed by atoms with Gasteiger partial charge in [0.2, 0.25) is 0 Å². The summed E-state index contributed by atoms with van der Waals surface area (Å²) in [6.45, 7) is 0.560. The summed E-state index contributed by atoms with van der Waals surface area (Å²) in [6.07, 6.45) is 5.74. The summed E-state index contributed by atoms with van der Waals surface area (Å²) in [5.74, 6) is 0.560. The molecule has 4 heterocycles. The summed E-state index contributed by atoms with van der Waals surface area (Å²) in [5, 5.41) is 7.50. The Hall–Kier alpha value is -4.00. The molecule has 0 unspecified atom stereocenters. The van der Waals surface area contributed by atoms with Crippen LogP contribution in [0.4, 0.5) is 0 Å². The molecule has 0 amide bonds. The van der Waals surface area contributed by atoms with Crippen molar-refractivity contribution < 1.29 is 0 Å². The third-order valence-corrected chi connectivity index (χ3v) is 5.05. The lowest BCUT2D eigenvalue weighted by Crippen LogP contribution is -2.22. The van der Waals surface area contributed by atoms with Gasteiger partial charge in [0.15, 0.2) is 0 Å². The van der Waals surface area contributed by atoms with E-state index in [4.69, 9.17) is 0 Å². The molecule has 0 atom stereocenters. The predicted molar refractivity (Wildman–Crippen MR) is 111 cm³/mol. The molecule has 4 aromatic heterocycles. The molecular weight excluding hydrogens is 366 g/mol. The van der Waals surface area contributed by atoms with Gasteiger partial charge in [0.05, 0.1) is 28.0 Å². The first kappa shape index (κ1) is 17.1. The second-order valence-corrected chi connectivity index (χ2v) is 6.84. The Balaban J connectivity index is 1.61. The highest BCUT2D eigenvalue weighted by Crippen LogP contribution is 2.15. The van der Waals surface area contributed by atoms with Gasteiger partial charge in [-0.2, -0.15) is 5.10 Å². The molecule has 142 valence electrons. The minimum absolute atomic E-state index is 0.149. The normalized spacial score (nSPS) is 11.3. The summed E-state index contributed by atoms with van der Waals surface area (Å²) in [7, 11) is 0. The number of benzene rings is 1. The van der Waals surface area contributed by atoms with Gasteiger partial charge in [0.25, 0.3) is 11.1 Å². The highest BCUT2D eigenvalue weighted by Gasteiger charge is 2.11. The molecule has 7 nitrogen and oxygen atoms in total. The molecule has 29 heavy (non-hydrogen) atoms. The average molecular weight is 383 g/mol. The van der Waals surface area contributed by atoms with E-state index in [1.165, 1.54) is 10.1 Å². The Kier molecular flexibility index (Phi) is 4.05. The zero-order valence-corrected chi connectivity index (χ0v) is 15.4. The highest BCUT2D eigenvalue weighted by atomic mass is 16.1. The largest absolute Gasteiger partial charge is 0.315 e. The Labute approximate surface area is 164 Å². The van der Waals surface area contributed by atoms with Gasteiger partial charge in [-0.25, -0.2) is 4.98 Å². The molecular formula is C22H17N5O2. The molecule has 5 rings (SSSR count). The third-order valence-electron chi connectivity index (χ3n) is 5.05. The van der Waals surface area contributed by atoms with Crippen molar-refractivity contribution in [2.45, 2.75) is 13.0 Å². The van der Waals surface area contributed by atoms with Crippen LogP contribution in [0, 0.1) is 0 Å². The van der Waals surface area contributed by atoms with Gasteiger partial charge in [0, 0.05) is 25.0 Å². The van der Waals surface area contributed by atoms with Crippen molar-refractivity contribution in [2.75, 3.05) is 0 Å². The molecule has 1 aromatic carbocycles. The van der Waals surface area contributed by atoms with E-state index in [1.54, 1.807) is 41.4 Å². The van der Waals surface area contributed by atoms with Crippen LogP contribution in [0.5, 0.6) is 0 Å². The topological polar surface area (TPSA) is 85.6 Å². The molecule has 1 N–H and O–H groups in total. The summed E-state index contributed by atoms with van der Waals surface area (Å²) >= 11 is 0. The summed E-state index contributed by atoms with van der Waals surface area (Å²) in [6, 6.07) is 17.0. The van der Waals surface area contributed by atoms with Crippen LogP contribution < -0.4 is 11.1 Å². The van der Waals surface area contributed by atoms with Crippen LogP contribution in [0.2, 0.25) is 0 Å². The van der Waals surface area contributed by atoms with Crippen LogP contribution in [0.3, 0.4) is 0 Å². The van der Waals surface area contributed by atoms with Crippen LogP contribution >= 0.6 is 0 Å². The first-order valence-corrected chi connectivity index (χ1v) is 9.30. The molecule has 0 spiro atoms. The van der Waals surface area contributed by atoms with Crippen LogP contribution in [-0.4, -0.2) is 24.3 Å². The average Bonchev–Trinajstić information content (AvgIpc) is 3.28. The number of nitrogens with one attached hydrogen (secondary N) is 1. The number of nitrogens with zero attached hydrogens (tertiary/aromatic N) is 4. The van der Waals surface area contributed by atoms with E-state index in [0.29, 0.717) is 34.2 Å². The predicted octanol–water partition coefficient (Wildman–Crippen LogP) is 2.67. The number of pyridine rings is 3. The molecule has 5 aromatic rings. The Morgan fingerprint density at radius 1 is 0.862 bits per heavy atom. The lowest BCUT2D eigenvalue weighted by molar-refractivity contribution is 0.675. The first-order valence-electron chi connectivity index (χ1n) is 9.30. The fraction of sp³-hybridized carbons (Fsp3) is 0.0909. The number of hydrogen-bond acceptors (Lipinski definition) is 4. The Bertz CT molecular complexity index is 1430. The maximum atomic E-state index is 13.0. The van der Waals surface area contributed by atoms with Gasteiger partial charge in [-0.1, -0.05) is 30.3 Å². The van der Waals surface area contributed by atoms with Crippen molar-refractivity contribution in [3.63, 3.8) is 0 Å². The van der Waals surface area contributed by atoms with Crippen LogP contribution in [-0.2, 0) is 13.0 Å². The Morgan fingerprint density at radius 2 is 1.62 bits per heavy atom. The fourth-order valence-electron chi connectivity index (χ4n) is 3.51. The standard InChI is InChI=1S/C22H17N5O2/c28-21-16-14-17-19(9-13-27(22(17)29)20-6-10-23-25-20)24-18(16)8-12-26(21)11-7-15-4-2-1-3-5-15/h1-6,8-10,12-14H,7,11H2,(H,23,25). The molecule has 0 saturated carbocycles. The minimum atomic E-state index is -0.250. The summed E-state index contributed by atoms with van der Waals surface area (Å²) < 4.78 is 3.12. The molecule has 0 aliphatic heterocycles. The number of H-pyrrole nitrogens is 1. The van der Waals surface area contributed by atoms with Gasteiger partial charge in [-0.15, -0.1) is 0 Å². The van der Waals surface area contributed by atoms with Gasteiger partial charge in [0.1, 0.15) is 5.82 Å². The smallest absolute Gasteiger partial charge is 0.265 e. The van der Waals surface area contributed by atoms with Crippen molar-refractivity contribution >= 4 is 21.8 Å². The molecule has 0 aliphatic rings. The number of aromatic nitrogens is 5. The van der Waals surface area contributed by atoms with Gasteiger partial charge in [-0.05, 0) is 30.2 Å². The van der Waals surface area contributed by atoms with Crippen molar-refractivity contribution in [1.29, 1.82) is 0 Å². The van der Waals surface area contributed by atoms with Crippen molar-refractivity contribution in [2.24, 2.45) is 0 Å². The number of aromatic amines is 1. The lowest BCUT2D eigenvalue weighted by atomic mass is 10.1. The number of aryl methyl sites for hydroxylation is 2. The second kappa shape index (κ2) is 6.87.